The van der Waals surface area contributed by atoms with Gasteiger partial charge in [0.1, 0.15) is 5.75 Å². The number of amides is 1. The second-order valence-corrected chi connectivity index (χ2v) is 5.18. The second kappa shape index (κ2) is 5.94. The normalized spacial score (nSPS) is 19.7. The van der Waals surface area contributed by atoms with Crippen LogP contribution in [0.25, 0.3) is 0 Å². The van der Waals surface area contributed by atoms with Gasteiger partial charge in [-0.15, -0.1) is 0 Å². The van der Waals surface area contributed by atoms with Crippen LogP contribution in [-0.2, 0) is 9.59 Å². The molecule has 1 heterocycles. The molecule has 0 radical (unpaired) electrons. The fourth-order valence-electron chi connectivity index (χ4n) is 2.36. The second-order valence-electron chi connectivity index (χ2n) is 5.18. The molecule has 0 unspecified atom stereocenters. The SMILES string of the molecule is Cc1cccc(O[C@@H](C)C(=O)N2CC[C@H](C(=O)O)C2)c1. The van der Waals surface area contributed by atoms with E-state index >= 15 is 0 Å². The van der Waals surface area contributed by atoms with Crippen molar-refractivity contribution in [2.24, 2.45) is 5.92 Å². The molecule has 0 saturated carbocycles. The lowest BCUT2D eigenvalue weighted by atomic mass is 10.1. The third-order valence-electron chi connectivity index (χ3n) is 3.50. The number of aryl methyl sites for hydroxylation is 1. The highest BCUT2D eigenvalue weighted by Gasteiger charge is 2.33. The topological polar surface area (TPSA) is 66.8 Å². The summed E-state index contributed by atoms with van der Waals surface area (Å²) in [4.78, 5) is 24.7. The Morgan fingerprint density at radius 1 is 1.45 bits per heavy atom. The first-order chi connectivity index (χ1) is 9.47. The largest absolute Gasteiger partial charge is 0.481 e. The molecule has 1 N–H and O–H groups in total. The molecule has 1 saturated heterocycles. The van der Waals surface area contributed by atoms with Crippen LogP contribution >= 0.6 is 0 Å². The molecular weight excluding hydrogens is 258 g/mol. The molecule has 0 aromatic heterocycles. The quantitative estimate of drug-likeness (QED) is 0.909. The number of nitrogens with zero attached hydrogens (tertiary/aromatic N) is 1. The van der Waals surface area contributed by atoms with Gasteiger partial charge in [-0.05, 0) is 38.0 Å². The van der Waals surface area contributed by atoms with Crippen LogP contribution in [0.1, 0.15) is 18.9 Å². The van der Waals surface area contributed by atoms with Gasteiger partial charge in [0.25, 0.3) is 5.91 Å². The lowest BCUT2D eigenvalue weighted by Crippen LogP contribution is -2.39. The van der Waals surface area contributed by atoms with Crippen molar-refractivity contribution < 1.29 is 19.4 Å². The summed E-state index contributed by atoms with van der Waals surface area (Å²) >= 11 is 0. The fraction of sp³-hybridized carbons (Fsp3) is 0.467. The number of likely N-dealkylation sites (tertiary alicyclic amines) is 1. The van der Waals surface area contributed by atoms with E-state index in [4.69, 9.17) is 9.84 Å². The molecule has 5 nitrogen and oxygen atoms in total. The molecule has 1 amide bonds. The van der Waals surface area contributed by atoms with E-state index < -0.39 is 18.0 Å². The Balaban J connectivity index is 1.94. The van der Waals surface area contributed by atoms with Gasteiger partial charge in [-0.2, -0.15) is 0 Å². The Morgan fingerprint density at radius 3 is 2.80 bits per heavy atom. The zero-order valence-corrected chi connectivity index (χ0v) is 11.7. The molecule has 1 aromatic rings. The van der Waals surface area contributed by atoms with Gasteiger partial charge in [0.15, 0.2) is 6.10 Å². The van der Waals surface area contributed by atoms with Crippen molar-refractivity contribution in [1.29, 1.82) is 0 Å². The van der Waals surface area contributed by atoms with Crippen LogP contribution in [0.4, 0.5) is 0 Å². The van der Waals surface area contributed by atoms with Crippen molar-refractivity contribution in [2.45, 2.75) is 26.4 Å². The van der Waals surface area contributed by atoms with Crippen molar-refractivity contribution in [3.8, 4) is 5.75 Å². The number of carboxylic acids is 1. The summed E-state index contributed by atoms with van der Waals surface area (Å²) in [5, 5.41) is 8.95. The number of carbonyl (C=O) groups is 2. The molecule has 1 aliphatic heterocycles. The third kappa shape index (κ3) is 3.29. The average molecular weight is 277 g/mol. The van der Waals surface area contributed by atoms with Crippen molar-refractivity contribution in [2.75, 3.05) is 13.1 Å². The first-order valence-electron chi connectivity index (χ1n) is 6.72. The summed E-state index contributed by atoms with van der Waals surface area (Å²) < 4.78 is 5.63. The number of ether oxygens (including phenoxy) is 1. The Hall–Kier alpha value is -2.04. The monoisotopic (exact) mass is 277 g/mol. The van der Waals surface area contributed by atoms with Gasteiger partial charge in [-0.3, -0.25) is 9.59 Å². The molecule has 1 aliphatic rings. The summed E-state index contributed by atoms with van der Waals surface area (Å²) in [7, 11) is 0. The molecule has 20 heavy (non-hydrogen) atoms. The first kappa shape index (κ1) is 14.4. The van der Waals surface area contributed by atoms with E-state index in [1.165, 1.54) is 0 Å². The molecular formula is C15H19NO4. The summed E-state index contributed by atoms with van der Waals surface area (Å²) in [5.74, 6) is -0.798. The van der Waals surface area contributed by atoms with Crippen LogP contribution in [0.3, 0.4) is 0 Å². The van der Waals surface area contributed by atoms with Crippen LogP contribution in [0, 0.1) is 12.8 Å². The van der Waals surface area contributed by atoms with Crippen LogP contribution in [-0.4, -0.2) is 41.1 Å². The zero-order valence-electron chi connectivity index (χ0n) is 11.7. The number of carbonyl (C=O) groups excluding carboxylic acids is 1. The highest BCUT2D eigenvalue weighted by atomic mass is 16.5. The van der Waals surface area contributed by atoms with Gasteiger partial charge < -0.3 is 14.7 Å². The van der Waals surface area contributed by atoms with Crippen molar-refractivity contribution in [3.63, 3.8) is 0 Å². The molecule has 0 aliphatic carbocycles. The molecule has 5 heteroatoms. The summed E-state index contributed by atoms with van der Waals surface area (Å²) in [6.45, 7) is 4.41. The molecule has 108 valence electrons. The van der Waals surface area contributed by atoms with Crippen molar-refractivity contribution in [1.82, 2.24) is 4.90 Å². The van der Waals surface area contributed by atoms with Crippen LogP contribution in [0.5, 0.6) is 5.75 Å². The van der Waals surface area contributed by atoms with Gasteiger partial charge in [0.2, 0.25) is 0 Å². The molecule has 2 rings (SSSR count). The van der Waals surface area contributed by atoms with Gasteiger partial charge in [0.05, 0.1) is 5.92 Å². The fourth-order valence-corrected chi connectivity index (χ4v) is 2.36. The van der Waals surface area contributed by atoms with E-state index in [2.05, 4.69) is 0 Å². The summed E-state index contributed by atoms with van der Waals surface area (Å²) in [5.41, 5.74) is 1.06. The number of carboxylic acid groups (broad SMARTS) is 1. The number of hydrogen-bond acceptors (Lipinski definition) is 3. The van der Waals surface area contributed by atoms with E-state index in [9.17, 15) is 9.59 Å². The van der Waals surface area contributed by atoms with Crippen LogP contribution < -0.4 is 4.74 Å². The smallest absolute Gasteiger partial charge is 0.308 e. The lowest BCUT2D eigenvalue weighted by molar-refractivity contribution is -0.142. The Kier molecular flexibility index (Phi) is 4.27. The van der Waals surface area contributed by atoms with Crippen molar-refractivity contribution in [3.05, 3.63) is 29.8 Å². The molecule has 2 atom stereocenters. The zero-order chi connectivity index (χ0) is 14.7. The van der Waals surface area contributed by atoms with Crippen molar-refractivity contribution >= 4 is 11.9 Å². The molecule has 1 aromatic carbocycles. The predicted octanol–water partition coefficient (Wildman–Crippen LogP) is 1.70. The standard InChI is InChI=1S/C15H19NO4/c1-10-4-3-5-13(8-10)20-11(2)14(17)16-7-6-12(9-16)15(18)19/h3-5,8,11-12H,6-7,9H2,1-2H3,(H,18,19)/t11-,12-/m0/s1. The third-order valence-corrected chi connectivity index (χ3v) is 3.50. The molecule has 0 spiro atoms. The number of rotatable bonds is 4. The molecule has 0 bridgehead atoms. The van der Waals surface area contributed by atoms with Gasteiger partial charge in [-0.1, -0.05) is 12.1 Å². The number of benzene rings is 1. The Morgan fingerprint density at radius 2 is 2.20 bits per heavy atom. The minimum atomic E-state index is -0.840. The summed E-state index contributed by atoms with van der Waals surface area (Å²) in [6, 6.07) is 7.50. The maximum atomic E-state index is 12.2. The maximum Gasteiger partial charge on any atom is 0.308 e. The minimum absolute atomic E-state index is 0.157. The van der Waals surface area contributed by atoms with Gasteiger partial charge in [0, 0.05) is 13.1 Å². The number of hydrogen-bond donors (Lipinski definition) is 1. The van der Waals surface area contributed by atoms with E-state index in [-0.39, 0.29) is 12.5 Å². The molecule has 1 fully saturated rings. The maximum absolute atomic E-state index is 12.2. The van der Waals surface area contributed by atoms with E-state index in [1.54, 1.807) is 17.9 Å². The van der Waals surface area contributed by atoms with Crippen LogP contribution in [0.2, 0.25) is 0 Å². The van der Waals surface area contributed by atoms with Gasteiger partial charge >= 0.3 is 5.97 Å². The first-order valence-corrected chi connectivity index (χ1v) is 6.72. The number of aliphatic carboxylic acids is 1. The van der Waals surface area contributed by atoms with Crippen LogP contribution in [0.15, 0.2) is 24.3 Å². The van der Waals surface area contributed by atoms with E-state index in [0.717, 1.165) is 5.56 Å². The predicted molar refractivity (Wildman–Crippen MR) is 73.6 cm³/mol. The minimum Gasteiger partial charge on any atom is -0.481 e. The Bertz CT molecular complexity index is 514. The average Bonchev–Trinajstić information content (AvgIpc) is 2.87. The van der Waals surface area contributed by atoms with E-state index in [0.29, 0.717) is 18.7 Å². The lowest BCUT2D eigenvalue weighted by Gasteiger charge is -2.21. The summed E-state index contributed by atoms with van der Waals surface area (Å²) in [6.07, 6.45) is -0.0949. The Labute approximate surface area is 118 Å². The highest BCUT2D eigenvalue weighted by molar-refractivity contribution is 5.82. The van der Waals surface area contributed by atoms with Gasteiger partial charge in [-0.25, -0.2) is 0 Å². The van der Waals surface area contributed by atoms with E-state index in [1.807, 2.05) is 25.1 Å². The highest BCUT2D eigenvalue weighted by Crippen LogP contribution is 2.19.